The minimum absolute atomic E-state index is 0.134. The standard InChI is InChI=1S/C17H21NO2S/c1-4-17(2,3)15-9-5-13(6-10-15)14-7-11-16(12-8-14)21(18,19)20/h5-12H,4H2,1-3H3,(H2,18,19,20). The van der Waals surface area contributed by atoms with E-state index < -0.39 is 10.0 Å². The van der Waals surface area contributed by atoms with E-state index >= 15 is 0 Å². The maximum Gasteiger partial charge on any atom is 0.238 e. The highest BCUT2D eigenvalue weighted by Crippen LogP contribution is 2.29. The summed E-state index contributed by atoms with van der Waals surface area (Å²) in [6.45, 7) is 6.63. The third-order valence-corrected chi connectivity index (χ3v) is 5.00. The zero-order valence-corrected chi connectivity index (χ0v) is 13.4. The molecule has 0 bridgehead atoms. The Morgan fingerprint density at radius 1 is 0.905 bits per heavy atom. The molecule has 0 spiro atoms. The van der Waals surface area contributed by atoms with Crippen molar-refractivity contribution in [1.29, 1.82) is 0 Å². The minimum Gasteiger partial charge on any atom is -0.225 e. The van der Waals surface area contributed by atoms with Crippen molar-refractivity contribution in [1.82, 2.24) is 0 Å². The predicted octanol–water partition coefficient (Wildman–Crippen LogP) is 3.69. The van der Waals surface area contributed by atoms with E-state index in [1.165, 1.54) is 17.7 Å². The van der Waals surface area contributed by atoms with Gasteiger partial charge in [0, 0.05) is 0 Å². The van der Waals surface area contributed by atoms with E-state index in [4.69, 9.17) is 5.14 Å². The van der Waals surface area contributed by atoms with Crippen LogP contribution in [0.15, 0.2) is 53.4 Å². The van der Waals surface area contributed by atoms with Crippen molar-refractivity contribution >= 4 is 10.0 Å². The number of hydrogen-bond donors (Lipinski definition) is 1. The minimum atomic E-state index is -3.63. The van der Waals surface area contributed by atoms with Crippen LogP contribution < -0.4 is 5.14 Å². The summed E-state index contributed by atoms with van der Waals surface area (Å²) >= 11 is 0. The van der Waals surface area contributed by atoms with E-state index in [-0.39, 0.29) is 10.3 Å². The van der Waals surface area contributed by atoms with Gasteiger partial charge in [0.05, 0.1) is 4.90 Å². The number of nitrogens with two attached hydrogens (primary N) is 1. The summed E-state index contributed by atoms with van der Waals surface area (Å²) in [6.07, 6.45) is 1.08. The fourth-order valence-corrected chi connectivity index (χ4v) is 2.67. The van der Waals surface area contributed by atoms with Crippen LogP contribution in [0.5, 0.6) is 0 Å². The molecule has 0 amide bonds. The van der Waals surface area contributed by atoms with Crippen molar-refractivity contribution in [2.75, 3.05) is 0 Å². The molecular weight excluding hydrogens is 282 g/mol. The van der Waals surface area contributed by atoms with E-state index in [0.29, 0.717) is 0 Å². The van der Waals surface area contributed by atoms with Gasteiger partial charge in [-0.05, 0) is 40.7 Å². The van der Waals surface area contributed by atoms with Crippen LogP contribution in [0.4, 0.5) is 0 Å². The van der Waals surface area contributed by atoms with Gasteiger partial charge in [-0.2, -0.15) is 0 Å². The zero-order chi connectivity index (χ0) is 15.7. The zero-order valence-electron chi connectivity index (χ0n) is 12.6. The molecule has 2 rings (SSSR count). The molecule has 0 aliphatic rings. The van der Waals surface area contributed by atoms with Crippen molar-refractivity contribution in [3.8, 4) is 11.1 Å². The molecule has 21 heavy (non-hydrogen) atoms. The molecule has 2 aromatic carbocycles. The van der Waals surface area contributed by atoms with Gasteiger partial charge >= 0.3 is 0 Å². The lowest BCUT2D eigenvalue weighted by Gasteiger charge is -2.23. The maximum atomic E-state index is 11.2. The van der Waals surface area contributed by atoms with Gasteiger partial charge in [0.2, 0.25) is 10.0 Å². The Kier molecular flexibility index (Phi) is 4.21. The molecule has 0 atom stereocenters. The highest BCUT2D eigenvalue weighted by atomic mass is 32.2. The Balaban J connectivity index is 2.31. The molecule has 4 heteroatoms. The molecular formula is C17H21NO2S. The fraction of sp³-hybridized carbons (Fsp3) is 0.294. The van der Waals surface area contributed by atoms with Crippen LogP contribution in [-0.2, 0) is 15.4 Å². The maximum absolute atomic E-state index is 11.2. The van der Waals surface area contributed by atoms with Crippen LogP contribution in [0.3, 0.4) is 0 Å². The Morgan fingerprint density at radius 2 is 1.33 bits per heavy atom. The highest BCUT2D eigenvalue weighted by molar-refractivity contribution is 7.89. The quantitative estimate of drug-likeness (QED) is 0.936. The molecule has 2 N–H and O–H groups in total. The number of primary sulfonamides is 1. The number of sulfonamides is 1. The van der Waals surface area contributed by atoms with Crippen molar-refractivity contribution in [2.45, 2.75) is 37.5 Å². The number of rotatable bonds is 4. The van der Waals surface area contributed by atoms with E-state index in [9.17, 15) is 8.42 Å². The summed E-state index contributed by atoms with van der Waals surface area (Å²) in [5.74, 6) is 0. The summed E-state index contributed by atoms with van der Waals surface area (Å²) in [5, 5.41) is 5.10. The predicted molar refractivity (Wildman–Crippen MR) is 86.6 cm³/mol. The average molecular weight is 303 g/mol. The topological polar surface area (TPSA) is 60.2 Å². The average Bonchev–Trinajstić information content (AvgIpc) is 2.47. The monoisotopic (exact) mass is 303 g/mol. The van der Waals surface area contributed by atoms with Gasteiger partial charge in [-0.25, -0.2) is 13.6 Å². The molecule has 0 aliphatic carbocycles. The first-order chi connectivity index (χ1) is 9.74. The van der Waals surface area contributed by atoms with E-state index in [1.807, 2.05) is 0 Å². The van der Waals surface area contributed by atoms with Gasteiger partial charge in [0.15, 0.2) is 0 Å². The normalized spacial score (nSPS) is 12.4. The Bertz CT molecular complexity index is 714. The molecule has 0 radical (unpaired) electrons. The first-order valence-corrected chi connectivity index (χ1v) is 8.52. The summed E-state index contributed by atoms with van der Waals surface area (Å²) in [6, 6.07) is 15.0. The molecule has 0 aliphatic heterocycles. The summed E-state index contributed by atoms with van der Waals surface area (Å²) in [4.78, 5) is 0.134. The van der Waals surface area contributed by atoms with Gasteiger partial charge in [0.1, 0.15) is 0 Å². The van der Waals surface area contributed by atoms with Gasteiger partial charge in [-0.1, -0.05) is 57.2 Å². The molecule has 0 fully saturated rings. The number of benzene rings is 2. The lowest BCUT2D eigenvalue weighted by atomic mass is 9.82. The Labute approximate surface area is 126 Å². The van der Waals surface area contributed by atoms with Gasteiger partial charge in [0.25, 0.3) is 0 Å². The number of hydrogen-bond acceptors (Lipinski definition) is 2. The van der Waals surface area contributed by atoms with Crippen LogP contribution in [0, 0.1) is 0 Å². The largest absolute Gasteiger partial charge is 0.238 e. The second kappa shape index (κ2) is 5.62. The fourth-order valence-electron chi connectivity index (χ4n) is 2.16. The van der Waals surface area contributed by atoms with Crippen LogP contribution in [0.25, 0.3) is 11.1 Å². The van der Waals surface area contributed by atoms with E-state index in [2.05, 4.69) is 45.0 Å². The summed E-state index contributed by atoms with van der Waals surface area (Å²) < 4.78 is 22.5. The van der Waals surface area contributed by atoms with Crippen molar-refractivity contribution in [2.24, 2.45) is 5.14 Å². The van der Waals surface area contributed by atoms with Crippen molar-refractivity contribution in [3.05, 3.63) is 54.1 Å². The van der Waals surface area contributed by atoms with Crippen molar-refractivity contribution in [3.63, 3.8) is 0 Å². The summed E-state index contributed by atoms with van der Waals surface area (Å²) in [7, 11) is -3.63. The van der Waals surface area contributed by atoms with Gasteiger partial charge in [-0.3, -0.25) is 0 Å². The molecule has 2 aromatic rings. The van der Waals surface area contributed by atoms with E-state index in [0.717, 1.165) is 17.5 Å². The second-order valence-electron chi connectivity index (χ2n) is 5.88. The van der Waals surface area contributed by atoms with Gasteiger partial charge < -0.3 is 0 Å². The molecule has 0 saturated carbocycles. The smallest absolute Gasteiger partial charge is 0.225 e. The van der Waals surface area contributed by atoms with Crippen molar-refractivity contribution < 1.29 is 8.42 Å². The van der Waals surface area contributed by atoms with E-state index in [1.54, 1.807) is 12.1 Å². The first kappa shape index (κ1) is 15.7. The van der Waals surface area contributed by atoms with Crippen LogP contribution >= 0.6 is 0 Å². The van der Waals surface area contributed by atoms with Crippen LogP contribution in [-0.4, -0.2) is 8.42 Å². The molecule has 0 aromatic heterocycles. The molecule has 3 nitrogen and oxygen atoms in total. The SMILES string of the molecule is CCC(C)(C)c1ccc(-c2ccc(S(N)(=O)=O)cc2)cc1. The Morgan fingerprint density at radius 3 is 1.71 bits per heavy atom. The first-order valence-electron chi connectivity index (χ1n) is 6.98. The lowest BCUT2D eigenvalue weighted by molar-refractivity contribution is 0.506. The van der Waals surface area contributed by atoms with Gasteiger partial charge in [-0.15, -0.1) is 0 Å². The third-order valence-electron chi connectivity index (χ3n) is 4.07. The lowest BCUT2D eigenvalue weighted by Crippen LogP contribution is -2.14. The van der Waals surface area contributed by atoms with Crippen LogP contribution in [0.2, 0.25) is 0 Å². The third kappa shape index (κ3) is 3.52. The molecule has 0 saturated heterocycles. The molecule has 112 valence electrons. The second-order valence-corrected chi connectivity index (χ2v) is 7.45. The summed E-state index contributed by atoms with van der Waals surface area (Å²) in [5.41, 5.74) is 3.50. The molecule has 0 heterocycles. The Hall–Kier alpha value is -1.65. The highest BCUT2D eigenvalue weighted by Gasteiger charge is 2.17. The van der Waals surface area contributed by atoms with Crippen LogP contribution in [0.1, 0.15) is 32.8 Å². The molecule has 0 unspecified atom stereocenters.